The Balaban J connectivity index is 2.64. The van der Waals surface area contributed by atoms with Gasteiger partial charge in [0.2, 0.25) is 11.6 Å². The smallest absolute Gasteiger partial charge is 0.210 e. The van der Waals surface area contributed by atoms with E-state index in [0.29, 0.717) is 12.5 Å². The second kappa shape index (κ2) is 2.96. The Bertz CT molecular complexity index is 424. The van der Waals surface area contributed by atoms with Gasteiger partial charge in [0.25, 0.3) is 0 Å². The number of nitrogens with one attached hydrogen (secondary N) is 1. The summed E-state index contributed by atoms with van der Waals surface area (Å²) < 4.78 is 14.5. The van der Waals surface area contributed by atoms with Crippen molar-refractivity contribution in [1.29, 1.82) is 0 Å². The van der Waals surface area contributed by atoms with Gasteiger partial charge < -0.3 is 5.32 Å². The molecule has 0 fully saturated rings. The molecule has 0 aliphatic rings. The molecular formula is C7H8FN5. The molecule has 5 nitrogen and oxygen atoms in total. The Morgan fingerprint density at radius 1 is 1.62 bits per heavy atom. The van der Waals surface area contributed by atoms with E-state index >= 15 is 0 Å². The van der Waals surface area contributed by atoms with Crippen molar-refractivity contribution in [2.45, 2.75) is 6.92 Å². The lowest BCUT2D eigenvalue weighted by molar-refractivity contribution is 0.622. The zero-order valence-electron chi connectivity index (χ0n) is 7.03. The quantitative estimate of drug-likeness (QED) is 0.740. The molecule has 2 aromatic heterocycles. The van der Waals surface area contributed by atoms with Crippen LogP contribution in [-0.4, -0.2) is 26.1 Å². The summed E-state index contributed by atoms with van der Waals surface area (Å²) in [5.74, 6) is 0.0723. The molecule has 0 aliphatic carbocycles. The topological polar surface area (TPSA) is 55.1 Å². The minimum atomic E-state index is -0.473. The summed E-state index contributed by atoms with van der Waals surface area (Å²) in [5, 5.41) is 10.2. The van der Waals surface area contributed by atoms with E-state index in [1.54, 1.807) is 0 Å². The molecule has 0 saturated heterocycles. The van der Waals surface area contributed by atoms with Crippen LogP contribution in [0, 0.1) is 5.82 Å². The lowest BCUT2D eigenvalue weighted by Crippen LogP contribution is -2.05. The Hall–Kier alpha value is -1.72. The molecule has 2 aromatic rings. The molecule has 0 radical (unpaired) electrons. The van der Waals surface area contributed by atoms with Crippen LogP contribution in [0.3, 0.4) is 0 Å². The zero-order valence-corrected chi connectivity index (χ0v) is 7.03. The number of hydrogen-bond donors (Lipinski definition) is 1. The molecule has 13 heavy (non-hydrogen) atoms. The van der Waals surface area contributed by atoms with Gasteiger partial charge in [-0.25, -0.2) is 13.8 Å². The first-order valence-electron chi connectivity index (χ1n) is 3.91. The highest BCUT2D eigenvalue weighted by Crippen LogP contribution is 2.09. The van der Waals surface area contributed by atoms with Gasteiger partial charge in [-0.15, -0.1) is 10.2 Å². The van der Waals surface area contributed by atoms with Crippen LogP contribution in [0.5, 0.6) is 0 Å². The molecule has 0 amide bonds. The van der Waals surface area contributed by atoms with Crippen LogP contribution in [0.2, 0.25) is 0 Å². The average Bonchev–Trinajstić information content (AvgIpc) is 2.59. The fourth-order valence-electron chi connectivity index (χ4n) is 1.08. The Labute approximate surface area is 73.6 Å². The monoisotopic (exact) mass is 181 g/mol. The third-order valence-corrected chi connectivity index (χ3v) is 1.62. The second-order valence-corrected chi connectivity index (χ2v) is 2.48. The van der Waals surface area contributed by atoms with Crippen LogP contribution >= 0.6 is 0 Å². The van der Waals surface area contributed by atoms with Gasteiger partial charge in [-0.3, -0.25) is 0 Å². The van der Waals surface area contributed by atoms with Crippen molar-refractivity contribution in [3.63, 3.8) is 0 Å². The van der Waals surface area contributed by atoms with Gasteiger partial charge in [0.15, 0.2) is 5.82 Å². The number of halogens is 1. The van der Waals surface area contributed by atoms with E-state index in [0.717, 1.165) is 6.20 Å². The number of anilines is 1. The highest BCUT2D eigenvalue weighted by molar-refractivity contribution is 5.44. The first kappa shape index (κ1) is 7.90. The van der Waals surface area contributed by atoms with Crippen molar-refractivity contribution in [3.8, 4) is 0 Å². The minimum absolute atomic E-state index is 0.186. The SMILES string of the molecule is CCNc1ncc(F)c2nncn12. The maximum absolute atomic E-state index is 13.0. The van der Waals surface area contributed by atoms with Crippen LogP contribution in [0.4, 0.5) is 10.3 Å². The predicted octanol–water partition coefficient (Wildman–Crippen LogP) is 0.695. The first-order chi connectivity index (χ1) is 6.33. The molecule has 0 aromatic carbocycles. The van der Waals surface area contributed by atoms with E-state index in [2.05, 4.69) is 20.5 Å². The maximum atomic E-state index is 13.0. The van der Waals surface area contributed by atoms with Gasteiger partial charge in [0, 0.05) is 6.54 Å². The van der Waals surface area contributed by atoms with Crippen molar-refractivity contribution < 1.29 is 4.39 Å². The van der Waals surface area contributed by atoms with Crippen LogP contribution < -0.4 is 5.32 Å². The van der Waals surface area contributed by atoms with Crippen molar-refractivity contribution in [2.75, 3.05) is 11.9 Å². The molecule has 2 heterocycles. The highest BCUT2D eigenvalue weighted by atomic mass is 19.1. The van der Waals surface area contributed by atoms with E-state index in [4.69, 9.17) is 0 Å². The highest BCUT2D eigenvalue weighted by Gasteiger charge is 2.06. The molecule has 0 bridgehead atoms. The molecule has 0 unspecified atom stereocenters. The predicted molar refractivity (Wildman–Crippen MR) is 44.9 cm³/mol. The van der Waals surface area contributed by atoms with E-state index in [1.165, 1.54) is 10.7 Å². The largest absolute Gasteiger partial charge is 0.356 e. The Morgan fingerprint density at radius 2 is 2.46 bits per heavy atom. The number of rotatable bonds is 2. The Morgan fingerprint density at radius 3 is 3.23 bits per heavy atom. The molecule has 1 N–H and O–H groups in total. The van der Waals surface area contributed by atoms with Gasteiger partial charge in [-0.1, -0.05) is 0 Å². The van der Waals surface area contributed by atoms with Gasteiger partial charge in [0.05, 0.1) is 6.20 Å². The zero-order chi connectivity index (χ0) is 9.26. The summed E-state index contributed by atoms with van der Waals surface area (Å²) >= 11 is 0. The summed E-state index contributed by atoms with van der Waals surface area (Å²) in [4.78, 5) is 3.87. The lowest BCUT2D eigenvalue weighted by atomic mass is 10.6. The van der Waals surface area contributed by atoms with Crippen molar-refractivity contribution >= 4 is 11.6 Å². The van der Waals surface area contributed by atoms with E-state index in [9.17, 15) is 4.39 Å². The van der Waals surface area contributed by atoms with Crippen LogP contribution in [0.15, 0.2) is 12.5 Å². The third kappa shape index (κ3) is 1.20. The van der Waals surface area contributed by atoms with E-state index < -0.39 is 5.82 Å². The normalized spacial score (nSPS) is 10.6. The Kier molecular flexibility index (Phi) is 1.80. The van der Waals surface area contributed by atoms with Crippen LogP contribution in [-0.2, 0) is 0 Å². The molecule has 0 saturated carbocycles. The summed E-state index contributed by atoms with van der Waals surface area (Å²) in [6, 6.07) is 0. The molecule has 6 heteroatoms. The molecule has 0 aliphatic heterocycles. The molecule has 68 valence electrons. The first-order valence-corrected chi connectivity index (χ1v) is 3.91. The molecular weight excluding hydrogens is 173 g/mol. The second-order valence-electron chi connectivity index (χ2n) is 2.48. The van der Waals surface area contributed by atoms with Gasteiger partial charge in [-0.2, -0.15) is 0 Å². The minimum Gasteiger partial charge on any atom is -0.356 e. The lowest BCUT2D eigenvalue weighted by Gasteiger charge is -2.03. The average molecular weight is 181 g/mol. The van der Waals surface area contributed by atoms with Crippen LogP contribution in [0.1, 0.15) is 6.92 Å². The van der Waals surface area contributed by atoms with E-state index in [1.807, 2.05) is 6.92 Å². The summed E-state index contributed by atoms with van der Waals surface area (Å²) in [6.07, 6.45) is 2.55. The molecule has 0 atom stereocenters. The summed E-state index contributed by atoms with van der Waals surface area (Å²) in [6.45, 7) is 2.65. The summed E-state index contributed by atoms with van der Waals surface area (Å²) in [7, 11) is 0. The fourth-order valence-corrected chi connectivity index (χ4v) is 1.08. The maximum Gasteiger partial charge on any atom is 0.210 e. The third-order valence-electron chi connectivity index (χ3n) is 1.62. The van der Waals surface area contributed by atoms with Crippen molar-refractivity contribution in [1.82, 2.24) is 19.6 Å². The number of nitrogens with zero attached hydrogens (tertiary/aromatic N) is 4. The van der Waals surface area contributed by atoms with Gasteiger partial charge in [-0.05, 0) is 6.92 Å². The fraction of sp³-hybridized carbons (Fsp3) is 0.286. The van der Waals surface area contributed by atoms with Gasteiger partial charge >= 0.3 is 0 Å². The van der Waals surface area contributed by atoms with Gasteiger partial charge in [0.1, 0.15) is 6.33 Å². The van der Waals surface area contributed by atoms with Crippen molar-refractivity contribution in [3.05, 3.63) is 18.3 Å². The van der Waals surface area contributed by atoms with E-state index in [-0.39, 0.29) is 5.65 Å². The number of aromatic nitrogens is 4. The van der Waals surface area contributed by atoms with Crippen LogP contribution in [0.25, 0.3) is 5.65 Å². The standard InChI is InChI=1S/C7H8FN5/c1-2-9-7-10-3-5(8)6-12-11-4-13(6)7/h3-4H,2H2,1H3,(H,9,10). The number of hydrogen-bond acceptors (Lipinski definition) is 4. The number of fused-ring (bicyclic) bond motifs is 1. The van der Waals surface area contributed by atoms with Crippen molar-refractivity contribution in [2.24, 2.45) is 0 Å². The molecule has 0 spiro atoms. The molecule has 2 rings (SSSR count). The summed E-state index contributed by atoms with van der Waals surface area (Å²) in [5.41, 5.74) is 0.186.